The maximum atomic E-state index is 14.0. The number of hydrogen-bond acceptors (Lipinski definition) is 7. The van der Waals surface area contributed by atoms with E-state index in [0.717, 1.165) is 12.8 Å². The third-order valence-electron chi connectivity index (χ3n) is 4.37. The first-order chi connectivity index (χ1) is 11.8. The molecular weight excluding hydrogens is 354 g/mol. The second-order valence-electron chi connectivity index (χ2n) is 6.44. The highest BCUT2D eigenvalue weighted by Crippen LogP contribution is 2.50. The van der Waals surface area contributed by atoms with E-state index < -0.39 is 25.7 Å². The Morgan fingerprint density at radius 3 is 2.84 bits per heavy atom. The van der Waals surface area contributed by atoms with Crippen LogP contribution in [0.2, 0.25) is 0 Å². The molecule has 0 bridgehead atoms. The van der Waals surface area contributed by atoms with Gasteiger partial charge in [-0.2, -0.15) is 9.97 Å². The Kier molecular flexibility index (Phi) is 3.91. The SMILES string of the molecule is Nc1nc(NC2CC2)c2ncn(C[C@H]3C[C@@H](P(=O)(O)O)O[C@@H]3F)c2n1. The summed E-state index contributed by atoms with van der Waals surface area (Å²) in [7, 11) is -4.49. The van der Waals surface area contributed by atoms with Crippen LogP contribution in [-0.2, 0) is 15.8 Å². The molecule has 12 heteroatoms. The van der Waals surface area contributed by atoms with Crippen molar-refractivity contribution in [3.8, 4) is 0 Å². The normalized spacial score (nSPS) is 27.1. The zero-order valence-electron chi connectivity index (χ0n) is 13.1. The summed E-state index contributed by atoms with van der Waals surface area (Å²) in [4.78, 5) is 30.9. The largest absolute Gasteiger partial charge is 0.368 e. The number of imidazole rings is 1. The summed E-state index contributed by atoms with van der Waals surface area (Å²) in [6, 6.07) is 0.352. The van der Waals surface area contributed by atoms with E-state index in [4.69, 9.17) is 20.3 Å². The highest BCUT2D eigenvalue weighted by atomic mass is 31.2. The number of alkyl halides is 1. The minimum absolute atomic E-state index is 0.0740. The Hall–Kier alpha value is -1.81. The minimum Gasteiger partial charge on any atom is -0.368 e. The van der Waals surface area contributed by atoms with Gasteiger partial charge in [0.15, 0.2) is 22.8 Å². The molecule has 0 spiro atoms. The molecule has 2 aromatic heterocycles. The fourth-order valence-electron chi connectivity index (χ4n) is 2.93. The second kappa shape index (κ2) is 5.87. The summed E-state index contributed by atoms with van der Waals surface area (Å²) < 4.78 is 31.7. The number of halogens is 1. The molecule has 25 heavy (non-hydrogen) atoms. The van der Waals surface area contributed by atoms with E-state index in [2.05, 4.69) is 20.3 Å². The number of aromatic nitrogens is 4. The number of rotatable bonds is 5. The third-order valence-corrected chi connectivity index (χ3v) is 5.45. The van der Waals surface area contributed by atoms with E-state index in [1.807, 2.05) is 0 Å². The van der Waals surface area contributed by atoms with E-state index >= 15 is 0 Å². The van der Waals surface area contributed by atoms with Crippen molar-refractivity contribution in [2.75, 3.05) is 11.1 Å². The molecule has 0 aromatic carbocycles. The first-order valence-electron chi connectivity index (χ1n) is 7.91. The molecule has 2 fully saturated rings. The lowest BCUT2D eigenvalue weighted by Gasteiger charge is -2.12. The average Bonchev–Trinajstić information content (AvgIpc) is 3.12. The molecule has 10 nitrogen and oxygen atoms in total. The van der Waals surface area contributed by atoms with Crippen molar-refractivity contribution in [1.29, 1.82) is 0 Å². The van der Waals surface area contributed by atoms with Gasteiger partial charge in [0.25, 0.3) is 0 Å². The molecule has 2 aromatic rings. The molecular formula is C13H18FN6O4P. The van der Waals surface area contributed by atoms with E-state index in [1.165, 1.54) is 6.33 Å². The number of nitrogens with two attached hydrogens (primary N) is 1. The predicted molar refractivity (Wildman–Crippen MR) is 86.3 cm³/mol. The smallest absolute Gasteiger partial charge is 0.354 e. The van der Waals surface area contributed by atoms with E-state index in [-0.39, 0.29) is 18.9 Å². The van der Waals surface area contributed by atoms with Gasteiger partial charge >= 0.3 is 7.60 Å². The quantitative estimate of drug-likeness (QED) is 0.560. The standard InChI is InChI=1S/C13H18FN6O4P/c14-10-6(3-8(24-10)25(21,22)23)4-20-5-16-9-11(17-7-1-2-7)18-13(15)19-12(9)20/h5-8,10H,1-4H2,(H2,21,22,23)(H3,15,17,18,19)/t6-,8-,10+/m1/s1. The van der Waals surface area contributed by atoms with Gasteiger partial charge in [0, 0.05) is 18.5 Å². The van der Waals surface area contributed by atoms with Gasteiger partial charge in [-0.15, -0.1) is 0 Å². The Labute approximate surface area is 141 Å². The number of nitrogens with zero attached hydrogens (tertiary/aromatic N) is 4. The van der Waals surface area contributed by atoms with E-state index in [9.17, 15) is 8.96 Å². The van der Waals surface area contributed by atoms with Crippen LogP contribution in [-0.4, -0.2) is 47.6 Å². The lowest BCUT2D eigenvalue weighted by Crippen LogP contribution is -2.17. The number of anilines is 2. The van der Waals surface area contributed by atoms with Crippen molar-refractivity contribution in [2.24, 2.45) is 5.92 Å². The summed E-state index contributed by atoms with van der Waals surface area (Å²) in [5.74, 6) is -1.53. The molecule has 4 rings (SSSR count). The lowest BCUT2D eigenvalue weighted by molar-refractivity contribution is -0.0352. The number of ether oxygens (including phenoxy) is 1. The summed E-state index contributed by atoms with van der Waals surface area (Å²) >= 11 is 0. The summed E-state index contributed by atoms with van der Waals surface area (Å²) in [5, 5.41) is 3.23. The van der Waals surface area contributed by atoms with E-state index in [1.54, 1.807) is 4.57 Å². The van der Waals surface area contributed by atoms with E-state index in [0.29, 0.717) is 23.0 Å². The fraction of sp³-hybridized carbons (Fsp3) is 0.615. The highest BCUT2D eigenvalue weighted by Gasteiger charge is 2.44. The Balaban J connectivity index is 1.59. The van der Waals surface area contributed by atoms with Crippen molar-refractivity contribution in [3.05, 3.63) is 6.33 Å². The van der Waals surface area contributed by atoms with Crippen LogP contribution < -0.4 is 11.1 Å². The highest BCUT2D eigenvalue weighted by molar-refractivity contribution is 7.52. The van der Waals surface area contributed by atoms with Crippen LogP contribution in [0.3, 0.4) is 0 Å². The zero-order chi connectivity index (χ0) is 17.8. The molecule has 1 aliphatic carbocycles. The molecule has 2 aliphatic rings. The summed E-state index contributed by atoms with van der Waals surface area (Å²) in [6.45, 7) is 0.119. The maximum Gasteiger partial charge on any atom is 0.354 e. The van der Waals surface area contributed by atoms with Gasteiger partial charge < -0.3 is 30.1 Å². The van der Waals surface area contributed by atoms with Gasteiger partial charge in [-0.1, -0.05) is 0 Å². The molecule has 1 aliphatic heterocycles. The van der Waals surface area contributed by atoms with Gasteiger partial charge in [-0.25, -0.2) is 9.37 Å². The maximum absolute atomic E-state index is 14.0. The second-order valence-corrected chi connectivity index (χ2v) is 8.20. The first-order valence-corrected chi connectivity index (χ1v) is 9.59. The predicted octanol–water partition coefficient (Wildman–Crippen LogP) is 0.819. The lowest BCUT2D eigenvalue weighted by atomic mass is 10.1. The number of nitrogens with one attached hydrogen (secondary N) is 1. The Morgan fingerprint density at radius 2 is 2.20 bits per heavy atom. The van der Waals surface area contributed by atoms with Crippen LogP contribution in [0, 0.1) is 5.92 Å². The van der Waals surface area contributed by atoms with Gasteiger partial charge in [-0.3, -0.25) is 4.57 Å². The van der Waals surface area contributed by atoms with Crippen molar-refractivity contribution in [2.45, 2.75) is 44.1 Å². The molecule has 136 valence electrons. The molecule has 3 heterocycles. The fourth-order valence-corrected chi connectivity index (χ4v) is 3.75. The van der Waals surface area contributed by atoms with Gasteiger partial charge in [-0.05, 0) is 19.3 Å². The van der Waals surface area contributed by atoms with Crippen LogP contribution in [0.5, 0.6) is 0 Å². The van der Waals surface area contributed by atoms with Crippen molar-refractivity contribution in [3.63, 3.8) is 0 Å². The Morgan fingerprint density at radius 1 is 1.44 bits per heavy atom. The van der Waals surface area contributed by atoms with Crippen molar-refractivity contribution in [1.82, 2.24) is 19.5 Å². The average molecular weight is 372 g/mol. The molecule has 0 radical (unpaired) electrons. The molecule has 0 amide bonds. The molecule has 3 atom stereocenters. The zero-order valence-corrected chi connectivity index (χ0v) is 14.0. The molecule has 1 saturated carbocycles. The van der Waals surface area contributed by atoms with Gasteiger partial charge in [0.2, 0.25) is 12.3 Å². The van der Waals surface area contributed by atoms with Crippen LogP contribution in [0.1, 0.15) is 19.3 Å². The minimum atomic E-state index is -4.49. The van der Waals surface area contributed by atoms with Crippen LogP contribution in [0.4, 0.5) is 16.2 Å². The molecule has 5 N–H and O–H groups in total. The van der Waals surface area contributed by atoms with Crippen LogP contribution in [0.15, 0.2) is 6.33 Å². The molecule has 1 saturated heterocycles. The summed E-state index contributed by atoms with van der Waals surface area (Å²) in [5.41, 5.74) is 6.73. The van der Waals surface area contributed by atoms with Crippen LogP contribution in [0.25, 0.3) is 11.2 Å². The van der Waals surface area contributed by atoms with Gasteiger partial charge in [0.1, 0.15) is 0 Å². The topological polar surface area (TPSA) is 148 Å². The van der Waals surface area contributed by atoms with Gasteiger partial charge in [0.05, 0.1) is 6.33 Å². The summed E-state index contributed by atoms with van der Waals surface area (Å²) in [6.07, 6.45) is 1.75. The number of nitrogen functional groups attached to an aromatic ring is 1. The first kappa shape index (κ1) is 16.6. The third kappa shape index (κ3) is 3.32. The number of fused-ring (bicyclic) bond motifs is 1. The monoisotopic (exact) mass is 372 g/mol. The van der Waals surface area contributed by atoms with Crippen molar-refractivity contribution < 1.29 is 23.5 Å². The number of hydrogen-bond donors (Lipinski definition) is 4. The Bertz CT molecular complexity index is 852. The van der Waals surface area contributed by atoms with Crippen molar-refractivity contribution >= 4 is 30.5 Å². The molecule has 0 unspecified atom stereocenters. The van der Waals surface area contributed by atoms with Crippen LogP contribution >= 0.6 is 7.60 Å².